The molecule has 0 aliphatic carbocycles. The standard InChI is InChI=1S/C19H22N2O2/c1-12(22)19-8-4-9-20-10-7-14-13-5-2-3-6-15(13)21(16(23)11-19)17(14)18(19)20/h2-3,5-6,12,18,22H,4,7-11H2,1H3/t12?,18-,19+/m1/s1. The van der Waals surface area contributed by atoms with Gasteiger partial charge in [0.2, 0.25) is 5.91 Å². The molecule has 2 aromatic rings. The molecule has 1 aromatic heterocycles. The third-order valence-electron chi connectivity index (χ3n) is 6.49. The Hall–Kier alpha value is -1.65. The second-order valence-electron chi connectivity index (χ2n) is 7.49. The van der Waals surface area contributed by atoms with E-state index in [4.69, 9.17) is 0 Å². The van der Waals surface area contributed by atoms with Crippen LogP contribution in [0, 0.1) is 5.41 Å². The van der Waals surface area contributed by atoms with Crippen LogP contribution in [0.5, 0.6) is 0 Å². The van der Waals surface area contributed by atoms with Gasteiger partial charge in [-0.2, -0.15) is 0 Å². The smallest absolute Gasteiger partial charge is 0.232 e. The Balaban J connectivity index is 1.87. The minimum atomic E-state index is -0.461. The lowest BCUT2D eigenvalue weighted by molar-refractivity contribution is -0.0846. The van der Waals surface area contributed by atoms with E-state index in [1.165, 1.54) is 16.6 Å². The number of para-hydroxylation sites is 1. The zero-order valence-corrected chi connectivity index (χ0v) is 13.5. The molecule has 0 saturated carbocycles. The van der Waals surface area contributed by atoms with Crippen molar-refractivity contribution in [2.45, 2.75) is 44.8 Å². The van der Waals surface area contributed by atoms with E-state index in [0.717, 1.165) is 37.9 Å². The zero-order valence-electron chi connectivity index (χ0n) is 13.5. The molecule has 4 nitrogen and oxygen atoms in total. The number of piperidine rings is 1. The SMILES string of the molecule is CC(O)[C@]12CCCN3CCc4c(n(c5ccccc45)C(=O)C1)[C@@H]32. The van der Waals surface area contributed by atoms with E-state index in [1.54, 1.807) is 0 Å². The summed E-state index contributed by atoms with van der Waals surface area (Å²) in [7, 11) is 0. The van der Waals surface area contributed by atoms with Crippen LogP contribution in [0.3, 0.4) is 0 Å². The summed E-state index contributed by atoms with van der Waals surface area (Å²) in [4.78, 5) is 15.6. The van der Waals surface area contributed by atoms with Gasteiger partial charge in [0.15, 0.2) is 0 Å². The van der Waals surface area contributed by atoms with Crippen molar-refractivity contribution in [1.29, 1.82) is 0 Å². The van der Waals surface area contributed by atoms with Crippen LogP contribution in [0.1, 0.15) is 48.3 Å². The third-order valence-corrected chi connectivity index (χ3v) is 6.49. The Morgan fingerprint density at radius 3 is 2.96 bits per heavy atom. The molecular formula is C19H22N2O2. The van der Waals surface area contributed by atoms with Crippen LogP contribution in [0.25, 0.3) is 10.9 Å². The molecule has 1 unspecified atom stereocenters. The molecule has 23 heavy (non-hydrogen) atoms. The number of rotatable bonds is 1. The summed E-state index contributed by atoms with van der Waals surface area (Å²) in [5.74, 6) is 0.156. The molecule has 0 spiro atoms. The molecule has 3 aliphatic rings. The fourth-order valence-electron chi connectivity index (χ4n) is 5.46. The van der Waals surface area contributed by atoms with Crippen LogP contribution in [-0.2, 0) is 6.42 Å². The minimum Gasteiger partial charge on any atom is -0.393 e. The maximum atomic E-state index is 13.0. The molecule has 5 rings (SSSR count). The fourth-order valence-corrected chi connectivity index (χ4v) is 5.46. The maximum Gasteiger partial charge on any atom is 0.232 e. The number of hydrogen-bond donors (Lipinski definition) is 1. The normalized spacial score (nSPS) is 31.2. The van der Waals surface area contributed by atoms with Crippen LogP contribution in [0.15, 0.2) is 24.3 Å². The Bertz CT molecular complexity index is 822. The number of nitrogens with zero attached hydrogens (tertiary/aromatic N) is 2. The molecule has 120 valence electrons. The number of hydrogen-bond acceptors (Lipinski definition) is 3. The molecule has 1 fully saturated rings. The highest BCUT2D eigenvalue weighted by Crippen LogP contribution is 2.56. The van der Waals surface area contributed by atoms with Crippen LogP contribution < -0.4 is 0 Å². The molecule has 0 bridgehead atoms. The molecular weight excluding hydrogens is 288 g/mol. The van der Waals surface area contributed by atoms with Gasteiger partial charge in [0.1, 0.15) is 0 Å². The van der Waals surface area contributed by atoms with E-state index in [9.17, 15) is 9.90 Å². The minimum absolute atomic E-state index is 0.156. The van der Waals surface area contributed by atoms with Crippen molar-refractivity contribution in [3.63, 3.8) is 0 Å². The van der Waals surface area contributed by atoms with E-state index >= 15 is 0 Å². The Labute approximate surface area is 135 Å². The van der Waals surface area contributed by atoms with E-state index in [2.05, 4.69) is 23.1 Å². The molecule has 1 aromatic carbocycles. The lowest BCUT2D eigenvalue weighted by Crippen LogP contribution is -2.57. The molecule has 1 saturated heterocycles. The van der Waals surface area contributed by atoms with Crippen LogP contribution >= 0.6 is 0 Å². The summed E-state index contributed by atoms with van der Waals surface area (Å²) in [5, 5.41) is 11.9. The zero-order chi connectivity index (χ0) is 15.8. The highest BCUT2D eigenvalue weighted by Gasteiger charge is 2.56. The first-order valence-electron chi connectivity index (χ1n) is 8.71. The predicted octanol–water partition coefficient (Wildman–Crippen LogP) is 2.75. The number of benzene rings is 1. The van der Waals surface area contributed by atoms with Gasteiger partial charge in [-0.15, -0.1) is 0 Å². The average Bonchev–Trinajstić information content (AvgIpc) is 2.89. The Morgan fingerprint density at radius 2 is 2.13 bits per heavy atom. The number of fused-ring (bicyclic) bond motifs is 3. The first-order valence-corrected chi connectivity index (χ1v) is 8.71. The van der Waals surface area contributed by atoms with Crippen LogP contribution in [0.2, 0.25) is 0 Å². The number of carbonyl (C=O) groups is 1. The van der Waals surface area contributed by atoms with E-state index < -0.39 is 6.10 Å². The monoisotopic (exact) mass is 310 g/mol. The summed E-state index contributed by atoms with van der Waals surface area (Å²) >= 11 is 0. The lowest BCUT2D eigenvalue weighted by atomic mass is 9.63. The van der Waals surface area contributed by atoms with E-state index in [0.29, 0.717) is 6.42 Å². The predicted molar refractivity (Wildman–Crippen MR) is 88.5 cm³/mol. The van der Waals surface area contributed by atoms with Crippen molar-refractivity contribution in [3.05, 3.63) is 35.5 Å². The van der Waals surface area contributed by atoms with Gasteiger partial charge in [-0.3, -0.25) is 14.3 Å². The van der Waals surface area contributed by atoms with Gasteiger partial charge in [-0.25, -0.2) is 0 Å². The molecule has 4 heterocycles. The van der Waals surface area contributed by atoms with Crippen molar-refractivity contribution in [3.8, 4) is 0 Å². The van der Waals surface area contributed by atoms with Crippen molar-refractivity contribution < 1.29 is 9.90 Å². The summed E-state index contributed by atoms with van der Waals surface area (Å²) in [5.41, 5.74) is 3.25. The van der Waals surface area contributed by atoms with Crippen molar-refractivity contribution in [2.24, 2.45) is 5.41 Å². The van der Waals surface area contributed by atoms with Gasteiger partial charge in [0.05, 0.1) is 17.7 Å². The highest BCUT2D eigenvalue weighted by molar-refractivity contribution is 5.97. The van der Waals surface area contributed by atoms with Gasteiger partial charge in [-0.05, 0) is 44.4 Å². The van der Waals surface area contributed by atoms with Gasteiger partial charge in [0.25, 0.3) is 0 Å². The largest absolute Gasteiger partial charge is 0.393 e. The van der Waals surface area contributed by atoms with Crippen molar-refractivity contribution >= 4 is 16.8 Å². The molecule has 4 heteroatoms. The van der Waals surface area contributed by atoms with E-state index in [1.807, 2.05) is 17.6 Å². The fraction of sp³-hybridized carbons (Fsp3) is 0.526. The molecule has 0 radical (unpaired) electrons. The van der Waals surface area contributed by atoms with Gasteiger partial charge < -0.3 is 5.11 Å². The highest BCUT2D eigenvalue weighted by atomic mass is 16.3. The second kappa shape index (κ2) is 4.46. The summed E-state index contributed by atoms with van der Waals surface area (Å²) in [6.45, 7) is 3.99. The maximum absolute atomic E-state index is 13.0. The van der Waals surface area contributed by atoms with Crippen LogP contribution in [0.4, 0.5) is 0 Å². The number of carbonyl (C=O) groups excluding carboxylic acids is 1. The summed E-state index contributed by atoms with van der Waals surface area (Å²) < 4.78 is 1.97. The third kappa shape index (κ3) is 1.56. The van der Waals surface area contributed by atoms with Crippen LogP contribution in [-0.4, -0.2) is 39.7 Å². The number of aliphatic hydroxyl groups excluding tert-OH is 1. The molecule has 3 aliphatic heterocycles. The average molecular weight is 310 g/mol. The first-order chi connectivity index (χ1) is 11.1. The topological polar surface area (TPSA) is 45.5 Å². The van der Waals surface area contributed by atoms with Gasteiger partial charge in [0, 0.05) is 29.5 Å². The van der Waals surface area contributed by atoms with Gasteiger partial charge >= 0.3 is 0 Å². The first kappa shape index (κ1) is 13.8. The van der Waals surface area contributed by atoms with Gasteiger partial charge in [-0.1, -0.05) is 18.2 Å². The molecule has 3 atom stereocenters. The summed E-state index contributed by atoms with van der Waals surface area (Å²) in [6.07, 6.45) is 3.01. The molecule has 1 N–H and O–H groups in total. The number of aliphatic hydroxyl groups is 1. The Kier molecular flexibility index (Phi) is 2.67. The summed E-state index contributed by atoms with van der Waals surface area (Å²) in [6, 6.07) is 8.47. The second-order valence-corrected chi connectivity index (χ2v) is 7.49. The quantitative estimate of drug-likeness (QED) is 0.881. The lowest BCUT2D eigenvalue weighted by Gasteiger charge is -2.55. The van der Waals surface area contributed by atoms with Crippen molar-refractivity contribution in [1.82, 2.24) is 9.47 Å². The van der Waals surface area contributed by atoms with Crippen molar-refractivity contribution in [2.75, 3.05) is 13.1 Å². The van der Waals surface area contributed by atoms with E-state index in [-0.39, 0.29) is 17.4 Å². The Morgan fingerprint density at radius 1 is 1.30 bits per heavy atom. The molecule has 0 amide bonds. The number of aromatic nitrogens is 1.